The number of nitrogens with one attached hydrogen (secondary N) is 1. The highest BCUT2D eigenvalue weighted by molar-refractivity contribution is 5.79. The van der Waals surface area contributed by atoms with E-state index in [1.807, 2.05) is 13.8 Å². The molecule has 1 rings (SSSR count). The molecule has 0 spiro atoms. The molecule has 0 radical (unpaired) electrons. The van der Waals surface area contributed by atoms with Gasteiger partial charge in [0.1, 0.15) is 5.82 Å². The van der Waals surface area contributed by atoms with E-state index < -0.39 is 0 Å². The van der Waals surface area contributed by atoms with Crippen molar-refractivity contribution in [3.8, 4) is 0 Å². The molecule has 0 fully saturated rings. The summed E-state index contributed by atoms with van der Waals surface area (Å²) >= 11 is 0. The summed E-state index contributed by atoms with van der Waals surface area (Å²) in [7, 11) is 0. The topological polar surface area (TPSA) is 55.1 Å². The lowest BCUT2D eigenvalue weighted by Crippen LogP contribution is -2.39. The maximum atomic E-state index is 13.6. The Hall–Kier alpha value is -1.42. The number of nitrogens with two attached hydrogens (primary N) is 1. The average Bonchev–Trinajstić information content (AvgIpc) is 2.29. The first-order valence-corrected chi connectivity index (χ1v) is 6.22. The molecular weight excluding hydrogens is 231 g/mol. The van der Waals surface area contributed by atoms with Crippen molar-refractivity contribution in [1.82, 2.24) is 5.32 Å². The van der Waals surface area contributed by atoms with Crippen LogP contribution in [0.2, 0.25) is 0 Å². The molecule has 0 saturated heterocycles. The number of benzene rings is 1. The normalized spacial score (nSPS) is 14.3. The first-order chi connectivity index (χ1) is 8.47. The summed E-state index contributed by atoms with van der Waals surface area (Å²) < 4.78 is 13.6. The summed E-state index contributed by atoms with van der Waals surface area (Å²) in [4.78, 5) is 12.0. The number of halogens is 1. The number of carbonyl (C=O) groups excluding carboxylic acids is 1. The fraction of sp³-hybridized carbons (Fsp3) is 0.500. The lowest BCUT2D eigenvalue weighted by Gasteiger charge is -2.22. The fourth-order valence-corrected chi connectivity index (χ4v) is 1.91. The van der Waals surface area contributed by atoms with Gasteiger partial charge in [0, 0.05) is 12.1 Å². The number of carbonyl (C=O) groups is 1. The average molecular weight is 252 g/mol. The Bertz CT molecular complexity index is 407. The molecule has 2 unspecified atom stereocenters. The SMILES string of the molecule is CC(NC(=O)C(CN)C(C)C)c1ccccc1F. The van der Waals surface area contributed by atoms with Gasteiger partial charge < -0.3 is 11.1 Å². The second-order valence-electron chi connectivity index (χ2n) is 4.84. The van der Waals surface area contributed by atoms with Crippen LogP contribution in [0.5, 0.6) is 0 Å². The third kappa shape index (κ3) is 3.53. The van der Waals surface area contributed by atoms with E-state index in [1.165, 1.54) is 6.07 Å². The smallest absolute Gasteiger partial charge is 0.225 e. The minimum absolute atomic E-state index is 0.122. The van der Waals surface area contributed by atoms with Gasteiger partial charge >= 0.3 is 0 Å². The summed E-state index contributed by atoms with van der Waals surface area (Å²) in [6.07, 6.45) is 0. The van der Waals surface area contributed by atoms with Gasteiger partial charge in [-0.15, -0.1) is 0 Å². The molecule has 0 aromatic heterocycles. The molecule has 0 heterocycles. The van der Waals surface area contributed by atoms with Gasteiger partial charge in [-0.2, -0.15) is 0 Å². The van der Waals surface area contributed by atoms with Crippen LogP contribution in [0.3, 0.4) is 0 Å². The van der Waals surface area contributed by atoms with Crippen LogP contribution in [0.4, 0.5) is 4.39 Å². The van der Waals surface area contributed by atoms with Crippen molar-refractivity contribution in [2.75, 3.05) is 6.54 Å². The molecule has 0 bridgehead atoms. The van der Waals surface area contributed by atoms with Crippen molar-refractivity contribution in [3.05, 3.63) is 35.6 Å². The lowest BCUT2D eigenvalue weighted by atomic mass is 9.94. The van der Waals surface area contributed by atoms with Gasteiger partial charge in [-0.1, -0.05) is 32.0 Å². The van der Waals surface area contributed by atoms with Crippen LogP contribution in [-0.4, -0.2) is 12.5 Å². The van der Waals surface area contributed by atoms with Crippen molar-refractivity contribution < 1.29 is 9.18 Å². The van der Waals surface area contributed by atoms with Crippen LogP contribution in [0.15, 0.2) is 24.3 Å². The molecule has 0 aliphatic carbocycles. The zero-order valence-corrected chi connectivity index (χ0v) is 11.1. The molecule has 100 valence electrons. The molecule has 0 aliphatic heterocycles. The standard InChI is InChI=1S/C14H21FN2O/c1-9(2)12(8-16)14(18)17-10(3)11-6-4-5-7-13(11)15/h4-7,9-10,12H,8,16H2,1-3H3,(H,17,18). The first-order valence-electron chi connectivity index (χ1n) is 6.22. The van der Waals surface area contributed by atoms with Crippen molar-refractivity contribution in [2.45, 2.75) is 26.8 Å². The zero-order chi connectivity index (χ0) is 13.7. The Balaban J connectivity index is 2.73. The molecule has 4 heteroatoms. The van der Waals surface area contributed by atoms with Crippen LogP contribution in [0.1, 0.15) is 32.4 Å². The highest BCUT2D eigenvalue weighted by Gasteiger charge is 2.22. The van der Waals surface area contributed by atoms with Crippen molar-refractivity contribution in [1.29, 1.82) is 0 Å². The van der Waals surface area contributed by atoms with Crippen LogP contribution in [-0.2, 0) is 4.79 Å². The van der Waals surface area contributed by atoms with Crippen LogP contribution < -0.4 is 11.1 Å². The van der Waals surface area contributed by atoms with Gasteiger partial charge in [0.05, 0.1) is 12.0 Å². The van der Waals surface area contributed by atoms with Gasteiger partial charge in [-0.3, -0.25) is 4.79 Å². The third-order valence-electron chi connectivity index (χ3n) is 3.13. The van der Waals surface area contributed by atoms with Gasteiger partial charge in [0.15, 0.2) is 0 Å². The van der Waals surface area contributed by atoms with Crippen molar-refractivity contribution in [2.24, 2.45) is 17.6 Å². The second kappa shape index (κ2) is 6.50. The van der Waals surface area contributed by atoms with Gasteiger partial charge in [-0.05, 0) is 18.9 Å². The van der Waals surface area contributed by atoms with Crippen LogP contribution >= 0.6 is 0 Å². The van der Waals surface area contributed by atoms with Crippen LogP contribution in [0.25, 0.3) is 0 Å². The third-order valence-corrected chi connectivity index (χ3v) is 3.13. The Morgan fingerprint density at radius 1 is 1.33 bits per heavy atom. The predicted octanol–water partition coefficient (Wildman–Crippen LogP) is 2.23. The molecule has 0 aliphatic rings. The molecule has 3 nitrogen and oxygen atoms in total. The molecule has 1 amide bonds. The molecule has 18 heavy (non-hydrogen) atoms. The Morgan fingerprint density at radius 3 is 2.44 bits per heavy atom. The van der Waals surface area contributed by atoms with E-state index in [-0.39, 0.29) is 29.6 Å². The highest BCUT2D eigenvalue weighted by Crippen LogP contribution is 2.18. The van der Waals surface area contributed by atoms with E-state index in [1.54, 1.807) is 25.1 Å². The second-order valence-corrected chi connectivity index (χ2v) is 4.84. The summed E-state index contributed by atoms with van der Waals surface area (Å²) in [6.45, 7) is 5.97. The van der Waals surface area contributed by atoms with Gasteiger partial charge in [-0.25, -0.2) is 4.39 Å². The largest absolute Gasteiger partial charge is 0.349 e. The minimum Gasteiger partial charge on any atom is -0.349 e. The fourth-order valence-electron chi connectivity index (χ4n) is 1.91. The summed E-state index contributed by atoms with van der Waals surface area (Å²) in [5.74, 6) is -0.496. The van der Waals surface area contributed by atoms with Crippen molar-refractivity contribution in [3.63, 3.8) is 0 Å². The van der Waals surface area contributed by atoms with E-state index in [0.29, 0.717) is 12.1 Å². The Morgan fingerprint density at radius 2 is 1.94 bits per heavy atom. The first kappa shape index (κ1) is 14.6. The highest BCUT2D eigenvalue weighted by atomic mass is 19.1. The summed E-state index contributed by atoms with van der Waals surface area (Å²) in [6, 6.07) is 6.09. The zero-order valence-electron chi connectivity index (χ0n) is 11.1. The molecular formula is C14H21FN2O. The van der Waals surface area contributed by atoms with E-state index in [9.17, 15) is 9.18 Å². The quantitative estimate of drug-likeness (QED) is 0.844. The van der Waals surface area contributed by atoms with Gasteiger partial charge in [0.25, 0.3) is 0 Å². The Kier molecular flexibility index (Phi) is 5.28. The lowest BCUT2D eigenvalue weighted by molar-refractivity contribution is -0.126. The maximum absolute atomic E-state index is 13.6. The maximum Gasteiger partial charge on any atom is 0.225 e. The molecule has 0 saturated carbocycles. The van der Waals surface area contributed by atoms with E-state index in [2.05, 4.69) is 5.32 Å². The number of hydrogen-bond donors (Lipinski definition) is 2. The number of amides is 1. The summed E-state index contributed by atoms with van der Waals surface area (Å²) in [5, 5.41) is 2.81. The molecule has 1 aromatic rings. The Labute approximate surface area is 108 Å². The number of hydrogen-bond acceptors (Lipinski definition) is 2. The molecule has 1 aromatic carbocycles. The summed E-state index contributed by atoms with van der Waals surface area (Å²) in [5.41, 5.74) is 6.08. The van der Waals surface area contributed by atoms with Crippen LogP contribution in [0, 0.1) is 17.7 Å². The number of rotatable bonds is 5. The molecule has 2 atom stereocenters. The van der Waals surface area contributed by atoms with E-state index in [4.69, 9.17) is 5.73 Å². The minimum atomic E-state index is -0.355. The predicted molar refractivity (Wildman–Crippen MR) is 70.3 cm³/mol. The van der Waals surface area contributed by atoms with Gasteiger partial charge in [0.2, 0.25) is 5.91 Å². The molecule has 3 N–H and O–H groups in total. The van der Waals surface area contributed by atoms with E-state index >= 15 is 0 Å². The van der Waals surface area contributed by atoms with E-state index in [0.717, 1.165) is 0 Å². The van der Waals surface area contributed by atoms with Crippen molar-refractivity contribution >= 4 is 5.91 Å². The monoisotopic (exact) mass is 252 g/mol.